The van der Waals surface area contributed by atoms with Crippen molar-refractivity contribution < 1.29 is 22.7 Å². The summed E-state index contributed by atoms with van der Waals surface area (Å²) < 4.78 is 44.2. The molecule has 1 N–H and O–H groups in total. The Labute approximate surface area is 196 Å². The Kier molecular flexibility index (Phi) is 6.63. The second kappa shape index (κ2) is 9.63. The van der Waals surface area contributed by atoms with E-state index in [2.05, 4.69) is 11.9 Å². The molecule has 176 valence electrons. The van der Waals surface area contributed by atoms with Crippen molar-refractivity contribution in [3.63, 3.8) is 0 Å². The highest BCUT2D eigenvalue weighted by Crippen LogP contribution is 2.35. The Balaban J connectivity index is 1.67. The Morgan fingerprint density at radius 2 is 1.79 bits per heavy atom. The Hall–Kier alpha value is -3.74. The molecule has 0 saturated heterocycles. The summed E-state index contributed by atoms with van der Waals surface area (Å²) in [4.78, 5) is 13.9. The predicted molar refractivity (Wildman–Crippen MR) is 127 cm³/mol. The Morgan fingerprint density at radius 1 is 1.09 bits per heavy atom. The molecule has 0 radical (unpaired) electrons. The number of nitrogens with one attached hydrogen (secondary N) is 1. The van der Waals surface area contributed by atoms with Gasteiger partial charge in [0.15, 0.2) is 0 Å². The highest BCUT2D eigenvalue weighted by molar-refractivity contribution is 5.87. The molecule has 4 nitrogen and oxygen atoms in total. The maximum absolute atomic E-state index is 13.0. The number of rotatable bonds is 6. The third kappa shape index (κ3) is 5.09. The lowest BCUT2D eigenvalue weighted by atomic mass is 9.92. The average Bonchev–Trinajstić information content (AvgIpc) is 2.86. The van der Waals surface area contributed by atoms with Crippen LogP contribution in [-0.4, -0.2) is 24.5 Å². The van der Waals surface area contributed by atoms with E-state index in [0.29, 0.717) is 31.6 Å². The first-order chi connectivity index (χ1) is 16.3. The molecule has 34 heavy (non-hydrogen) atoms. The summed E-state index contributed by atoms with van der Waals surface area (Å²) in [6.45, 7) is 5.15. The summed E-state index contributed by atoms with van der Waals surface area (Å²) in [5.41, 5.74) is 4.83. The molecular weight excluding hydrogens is 441 g/mol. The van der Waals surface area contributed by atoms with E-state index in [1.165, 1.54) is 18.2 Å². The number of nitrogens with zero attached hydrogens (tertiary/aromatic N) is 1. The first-order valence-electron chi connectivity index (χ1n) is 10.9. The predicted octanol–water partition coefficient (Wildman–Crippen LogP) is 6.06. The van der Waals surface area contributed by atoms with Crippen molar-refractivity contribution >= 4 is 11.6 Å². The minimum atomic E-state index is -4.38. The maximum Gasteiger partial charge on any atom is 0.416 e. The van der Waals surface area contributed by atoms with Crippen LogP contribution in [0.25, 0.3) is 11.1 Å². The number of hydrogen-bond donors (Lipinski definition) is 1. The number of alkyl halides is 3. The molecule has 3 aromatic rings. The van der Waals surface area contributed by atoms with Crippen molar-refractivity contribution in [2.45, 2.75) is 25.7 Å². The quantitative estimate of drug-likeness (QED) is 0.449. The first-order valence-corrected chi connectivity index (χ1v) is 10.9. The van der Waals surface area contributed by atoms with Crippen molar-refractivity contribution in [3.05, 3.63) is 95.6 Å². The number of amides is 1. The molecule has 0 spiro atoms. The number of ether oxygens (including phenoxy) is 1. The number of anilines is 1. The number of carbonyl (C=O) groups excluding carboxylic acids is 1. The number of benzene rings is 3. The van der Waals surface area contributed by atoms with E-state index in [1.807, 2.05) is 36.4 Å². The van der Waals surface area contributed by atoms with Gasteiger partial charge in [-0.05, 0) is 76.7 Å². The fourth-order valence-electron chi connectivity index (χ4n) is 4.13. The van der Waals surface area contributed by atoms with Gasteiger partial charge in [-0.2, -0.15) is 13.2 Å². The largest absolute Gasteiger partial charge is 0.497 e. The van der Waals surface area contributed by atoms with Crippen LogP contribution in [0.15, 0.2) is 73.3 Å². The lowest BCUT2D eigenvalue weighted by Crippen LogP contribution is -2.35. The van der Waals surface area contributed by atoms with Crippen LogP contribution in [0.3, 0.4) is 0 Å². The van der Waals surface area contributed by atoms with E-state index < -0.39 is 11.7 Å². The van der Waals surface area contributed by atoms with Crippen LogP contribution in [0.5, 0.6) is 5.75 Å². The van der Waals surface area contributed by atoms with Crippen molar-refractivity contribution in [2.24, 2.45) is 0 Å². The van der Waals surface area contributed by atoms with Gasteiger partial charge in [-0.3, -0.25) is 4.79 Å². The first kappa shape index (κ1) is 23.4. The number of carbonyl (C=O) groups is 1. The topological polar surface area (TPSA) is 41.6 Å². The zero-order chi connectivity index (χ0) is 24.3. The molecule has 0 bridgehead atoms. The summed E-state index contributed by atoms with van der Waals surface area (Å²) in [5, 5.41) is 3.49. The Morgan fingerprint density at radius 3 is 2.41 bits per heavy atom. The van der Waals surface area contributed by atoms with Crippen LogP contribution in [-0.2, 0) is 30.5 Å². The van der Waals surface area contributed by atoms with Gasteiger partial charge in [0, 0.05) is 25.3 Å². The lowest BCUT2D eigenvalue weighted by Gasteiger charge is -2.30. The number of fused-ring (bicyclic) bond motifs is 1. The van der Waals surface area contributed by atoms with Crippen LogP contribution in [0.2, 0.25) is 0 Å². The van der Waals surface area contributed by atoms with Gasteiger partial charge in [0.25, 0.3) is 0 Å². The van der Waals surface area contributed by atoms with E-state index in [-0.39, 0.29) is 5.91 Å². The van der Waals surface area contributed by atoms with Gasteiger partial charge >= 0.3 is 6.18 Å². The monoisotopic (exact) mass is 466 g/mol. The van der Waals surface area contributed by atoms with Crippen LogP contribution >= 0.6 is 0 Å². The number of halogens is 3. The summed E-state index contributed by atoms with van der Waals surface area (Å²) in [6.07, 6.45) is -2.41. The molecule has 0 aromatic heterocycles. The summed E-state index contributed by atoms with van der Waals surface area (Å²) >= 11 is 0. The fraction of sp³-hybridized carbons (Fsp3) is 0.222. The summed E-state index contributed by atoms with van der Waals surface area (Å²) in [5.74, 6) is 0.635. The van der Waals surface area contributed by atoms with E-state index in [1.54, 1.807) is 12.0 Å². The molecular formula is C27H25F3N2O2. The second-order valence-corrected chi connectivity index (χ2v) is 8.15. The van der Waals surface area contributed by atoms with Crippen molar-refractivity contribution in [1.29, 1.82) is 0 Å². The van der Waals surface area contributed by atoms with Gasteiger partial charge in [-0.15, -0.1) is 0 Å². The molecule has 3 aromatic carbocycles. The number of hydrogen-bond acceptors (Lipinski definition) is 3. The van der Waals surface area contributed by atoms with Gasteiger partial charge in [0.2, 0.25) is 5.91 Å². The highest BCUT2D eigenvalue weighted by atomic mass is 19.4. The van der Waals surface area contributed by atoms with Gasteiger partial charge in [0.1, 0.15) is 5.75 Å². The van der Waals surface area contributed by atoms with Gasteiger partial charge in [-0.1, -0.05) is 30.8 Å². The zero-order valence-corrected chi connectivity index (χ0v) is 18.8. The Bertz CT molecular complexity index is 1190. The normalized spacial score (nSPS) is 13.2. The molecule has 1 aliphatic heterocycles. The molecule has 1 heterocycles. The highest BCUT2D eigenvalue weighted by Gasteiger charge is 2.30. The van der Waals surface area contributed by atoms with Gasteiger partial charge in [0.05, 0.1) is 12.7 Å². The summed E-state index contributed by atoms with van der Waals surface area (Å²) in [6, 6.07) is 16.8. The third-order valence-corrected chi connectivity index (χ3v) is 6.01. The van der Waals surface area contributed by atoms with E-state index in [9.17, 15) is 18.0 Å². The van der Waals surface area contributed by atoms with Crippen molar-refractivity contribution in [2.75, 3.05) is 19.0 Å². The lowest BCUT2D eigenvalue weighted by molar-refractivity contribution is -0.137. The maximum atomic E-state index is 13.0. The molecule has 4 rings (SSSR count). The minimum Gasteiger partial charge on any atom is -0.497 e. The van der Waals surface area contributed by atoms with E-state index in [4.69, 9.17) is 4.74 Å². The van der Waals surface area contributed by atoms with Gasteiger partial charge in [-0.25, -0.2) is 0 Å². The number of methoxy groups -OCH3 is 1. The molecule has 0 unspecified atom stereocenters. The molecule has 1 aliphatic rings. The molecule has 1 amide bonds. The van der Waals surface area contributed by atoms with Crippen LogP contribution in [0.1, 0.15) is 22.3 Å². The van der Waals surface area contributed by atoms with Crippen LogP contribution < -0.4 is 10.1 Å². The average molecular weight is 467 g/mol. The SMILES string of the molecule is C=CC(=O)N1CCc2c(cc(-c3ccc(C(F)(F)F)cc3)cc2NCc2ccc(OC)cc2)C1. The standard InChI is InChI=1S/C27H25F3N2O2/c1-3-26(33)32-13-12-24-21(17-32)14-20(19-6-8-22(9-7-19)27(28,29)30)15-25(24)31-16-18-4-10-23(34-2)11-5-18/h3-11,14-15,31H,1,12-13,16-17H2,2H3. The summed E-state index contributed by atoms with van der Waals surface area (Å²) in [7, 11) is 1.62. The third-order valence-electron chi connectivity index (χ3n) is 6.01. The molecule has 0 fully saturated rings. The molecule has 0 aliphatic carbocycles. The zero-order valence-electron chi connectivity index (χ0n) is 18.8. The van der Waals surface area contributed by atoms with Crippen LogP contribution in [0.4, 0.5) is 18.9 Å². The fourth-order valence-corrected chi connectivity index (χ4v) is 4.13. The molecule has 0 saturated carbocycles. The van der Waals surface area contributed by atoms with Crippen molar-refractivity contribution in [1.82, 2.24) is 4.90 Å². The smallest absolute Gasteiger partial charge is 0.416 e. The van der Waals surface area contributed by atoms with Gasteiger partial charge < -0.3 is 15.0 Å². The molecule has 0 atom stereocenters. The van der Waals surface area contributed by atoms with Crippen LogP contribution in [0, 0.1) is 0 Å². The van der Waals surface area contributed by atoms with E-state index >= 15 is 0 Å². The van der Waals surface area contributed by atoms with Crippen molar-refractivity contribution in [3.8, 4) is 16.9 Å². The molecule has 7 heteroatoms. The minimum absolute atomic E-state index is 0.140. The van der Waals surface area contributed by atoms with E-state index in [0.717, 1.165) is 45.8 Å². The second-order valence-electron chi connectivity index (χ2n) is 8.15.